The van der Waals surface area contributed by atoms with E-state index >= 15 is 0 Å². The molecule has 1 N–H and O–H groups in total. The molecule has 0 radical (unpaired) electrons. The summed E-state index contributed by atoms with van der Waals surface area (Å²) >= 11 is 0. The summed E-state index contributed by atoms with van der Waals surface area (Å²) in [5, 5.41) is 2.75. The maximum atomic E-state index is 11.9. The van der Waals surface area contributed by atoms with Crippen LogP contribution in [0.4, 0.5) is 0 Å². The summed E-state index contributed by atoms with van der Waals surface area (Å²) in [4.78, 5) is 35.1. The molecule has 1 aromatic heterocycles. The quantitative estimate of drug-likeness (QED) is 0.807. The van der Waals surface area contributed by atoms with E-state index in [-0.39, 0.29) is 19.2 Å². The molecule has 0 aliphatic carbocycles. The lowest BCUT2D eigenvalue weighted by atomic mass is 10.1. The van der Waals surface area contributed by atoms with Crippen molar-refractivity contribution in [1.29, 1.82) is 0 Å². The molecule has 0 saturated heterocycles. The number of ether oxygens (including phenoxy) is 2. The highest BCUT2D eigenvalue weighted by Gasteiger charge is 2.13. The van der Waals surface area contributed by atoms with E-state index in [9.17, 15) is 14.4 Å². The molecule has 2 heterocycles. The fourth-order valence-corrected chi connectivity index (χ4v) is 2.39. The molecular formula is C16H17N3O5. The van der Waals surface area contributed by atoms with Gasteiger partial charge in [0.2, 0.25) is 12.7 Å². The van der Waals surface area contributed by atoms with Crippen LogP contribution in [0.3, 0.4) is 0 Å². The minimum atomic E-state index is -0.520. The Hall–Kier alpha value is -3.03. The topological polar surface area (TPSA) is 91.6 Å². The summed E-state index contributed by atoms with van der Waals surface area (Å²) in [5.41, 5.74) is 0.0895. The van der Waals surface area contributed by atoms with E-state index in [0.717, 1.165) is 15.9 Å². The van der Waals surface area contributed by atoms with Crippen molar-refractivity contribution in [2.45, 2.75) is 13.0 Å². The second-order valence-corrected chi connectivity index (χ2v) is 5.41. The van der Waals surface area contributed by atoms with Crippen molar-refractivity contribution in [1.82, 2.24) is 14.5 Å². The maximum absolute atomic E-state index is 11.9. The van der Waals surface area contributed by atoms with Gasteiger partial charge >= 0.3 is 5.69 Å². The SMILES string of the molecule is Cn1c(=O)ccn(CC(=O)NCCc2ccc3c(c2)OCO3)c1=O. The second kappa shape index (κ2) is 6.61. The molecule has 8 heteroatoms. The molecule has 1 aromatic carbocycles. The van der Waals surface area contributed by atoms with Gasteiger partial charge in [0, 0.05) is 25.9 Å². The lowest BCUT2D eigenvalue weighted by Gasteiger charge is -2.08. The molecule has 0 unspecified atom stereocenters. The van der Waals surface area contributed by atoms with Crippen LogP contribution in [0.25, 0.3) is 0 Å². The van der Waals surface area contributed by atoms with Crippen molar-refractivity contribution in [3.63, 3.8) is 0 Å². The van der Waals surface area contributed by atoms with Crippen LogP contribution in [0.2, 0.25) is 0 Å². The molecule has 2 aromatic rings. The number of fused-ring (bicyclic) bond motifs is 1. The first kappa shape index (κ1) is 15.9. The number of aromatic nitrogens is 2. The number of hydrogen-bond acceptors (Lipinski definition) is 5. The summed E-state index contributed by atoms with van der Waals surface area (Å²) in [7, 11) is 1.37. The van der Waals surface area contributed by atoms with E-state index in [4.69, 9.17) is 9.47 Å². The van der Waals surface area contributed by atoms with Gasteiger partial charge in [0.15, 0.2) is 11.5 Å². The summed E-state index contributed by atoms with van der Waals surface area (Å²) in [6.45, 7) is 0.525. The average Bonchev–Trinajstić information content (AvgIpc) is 3.03. The zero-order chi connectivity index (χ0) is 17.1. The van der Waals surface area contributed by atoms with Crippen molar-refractivity contribution in [3.8, 4) is 11.5 Å². The molecule has 1 aliphatic rings. The van der Waals surface area contributed by atoms with Gasteiger partial charge in [-0.2, -0.15) is 0 Å². The Morgan fingerprint density at radius 1 is 1.21 bits per heavy atom. The Balaban J connectivity index is 1.54. The van der Waals surface area contributed by atoms with Crippen molar-refractivity contribution < 1.29 is 14.3 Å². The lowest BCUT2D eigenvalue weighted by Crippen LogP contribution is -2.40. The number of amides is 1. The molecule has 1 aliphatic heterocycles. The first-order chi connectivity index (χ1) is 11.5. The smallest absolute Gasteiger partial charge is 0.331 e. The molecule has 3 rings (SSSR count). The van der Waals surface area contributed by atoms with Gasteiger partial charge in [0.25, 0.3) is 5.56 Å². The summed E-state index contributed by atoms with van der Waals surface area (Å²) in [6, 6.07) is 6.88. The Kier molecular flexibility index (Phi) is 4.37. The highest BCUT2D eigenvalue weighted by atomic mass is 16.7. The summed E-state index contributed by atoms with van der Waals surface area (Å²) in [6.07, 6.45) is 1.95. The Labute approximate surface area is 137 Å². The molecule has 0 saturated carbocycles. The van der Waals surface area contributed by atoms with Crippen LogP contribution >= 0.6 is 0 Å². The van der Waals surface area contributed by atoms with Gasteiger partial charge in [-0.25, -0.2) is 4.79 Å². The molecule has 126 valence electrons. The maximum Gasteiger partial charge on any atom is 0.331 e. The van der Waals surface area contributed by atoms with Crippen LogP contribution in [0.1, 0.15) is 5.56 Å². The summed E-state index contributed by atoms with van der Waals surface area (Å²) in [5.74, 6) is 1.13. The van der Waals surface area contributed by atoms with Gasteiger partial charge in [0.1, 0.15) is 6.54 Å². The Bertz CT molecular complexity index is 884. The first-order valence-electron chi connectivity index (χ1n) is 7.46. The van der Waals surface area contributed by atoms with Crippen LogP contribution in [-0.4, -0.2) is 28.4 Å². The van der Waals surface area contributed by atoms with E-state index < -0.39 is 11.2 Å². The second-order valence-electron chi connectivity index (χ2n) is 5.41. The van der Waals surface area contributed by atoms with Crippen LogP contribution in [0.15, 0.2) is 40.1 Å². The third-order valence-electron chi connectivity index (χ3n) is 3.75. The standard InChI is InChI=1S/C16H17N3O5/c1-18-15(21)5-7-19(16(18)22)9-14(20)17-6-4-11-2-3-12-13(8-11)24-10-23-12/h2-3,5,7-8H,4,6,9-10H2,1H3,(H,17,20). The van der Waals surface area contributed by atoms with Crippen LogP contribution in [0, 0.1) is 0 Å². The van der Waals surface area contributed by atoms with Crippen LogP contribution in [0.5, 0.6) is 11.5 Å². The molecule has 0 atom stereocenters. The molecular weight excluding hydrogens is 314 g/mol. The number of rotatable bonds is 5. The largest absolute Gasteiger partial charge is 0.454 e. The molecule has 1 amide bonds. The van der Waals surface area contributed by atoms with Gasteiger partial charge in [-0.1, -0.05) is 6.07 Å². The molecule has 0 bridgehead atoms. The fraction of sp³-hybridized carbons (Fsp3) is 0.312. The van der Waals surface area contributed by atoms with E-state index in [1.165, 1.54) is 23.9 Å². The monoisotopic (exact) mass is 331 g/mol. The van der Waals surface area contributed by atoms with Gasteiger partial charge < -0.3 is 14.8 Å². The number of benzene rings is 1. The predicted molar refractivity (Wildman–Crippen MR) is 85.2 cm³/mol. The predicted octanol–water partition coefficient (Wildman–Crippen LogP) is -0.365. The number of nitrogens with one attached hydrogen (secondary N) is 1. The van der Waals surface area contributed by atoms with E-state index in [1.54, 1.807) is 0 Å². The highest BCUT2D eigenvalue weighted by molar-refractivity contribution is 5.75. The van der Waals surface area contributed by atoms with Gasteiger partial charge in [-0.15, -0.1) is 0 Å². The average molecular weight is 331 g/mol. The van der Waals surface area contributed by atoms with Crippen LogP contribution < -0.4 is 26.0 Å². The zero-order valence-electron chi connectivity index (χ0n) is 13.2. The van der Waals surface area contributed by atoms with Crippen molar-refractivity contribution in [3.05, 3.63) is 56.9 Å². The molecule has 8 nitrogen and oxygen atoms in total. The van der Waals surface area contributed by atoms with Crippen molar-refractivity contribution in [2.75, 3.05) is 13.3 Å². The molecule has 0 spiro atoms. The first-order valence-corrected chi connectivity index (χ1v) is 7.46. The number of hydrogen-bond donors (Lipinski definition) is 1. The van der Waals surface area contributed by atoms with Gasteiger partial charge in [0.05, 0.1) is 0 Å². The highest BCUT2D eigenvalue weighted by Crippen LogP contribution is 2.32. The van der Waals surface area contributed by atoms with E-state index in [1.807, 2.05) is 18.2 Å². The minimum Gasteiger partial charge on any atom is -0.454 e. The van der Waals surface area contributed by atoms with E-state index in [2.05, 4.69) is 5.32 Å². The third-order valence-corrected chi connectivity index (χ3v) is 3.75. The molecule has 24 heavy (non-hydrogen) atoms. The van der Waals surface area contributed by atoms with E-state index in [0.29, 0.717) is 18.7 Å². The Morgan fingerprint density at radius 2 is 2.00 bits per heavy atom. The normalized spacial score (nSPS) is 12.2. The zero-order valence-corrected chi connectivity index (χ0v) is 13.2. The summed E-state index contributed by atoms with van der Waals surface area (Å²) < 4.78 is 12.7. The van der Waals surface area contributed by atoms with Crippen molar-refractivity contribution >= 4 is 5.91 Å². The fourth-order valence-electron chi connectivity index (χ4n) is 2.39. The van der Waals surface area contributed by atoms with Gasteiger partial charge in [-0.05, 0) is 24.1 Å². The number of nitrogens with zero attached hydrogens (tertiary/aromatic N) is 2. The lowest BCUT2D eigenvalue weighted by molar-refractivity contribution is -0.121. The minimum absolute atomic E-state index is 0.131. The van der Waals surface area contributed by atoms with Crippen molar-refractivity contribution in [2.24, 2.45) is 7.05 Å². The molecule has 0 fully saturated rings. The number of carbonyl (C=O) groups excluding carboxylic acids is 1. The van der Waals surface area contributed by atoms with Gasteiger partial charge in [-0.3, -0.25) is 18.7 Å². The van der Waals surface area contributed by atoms with Crippen LogP contribution in [-0.2, 0) is 24.8 Å². The Morgan fingerprint density at radius 3 is 2.83 bits per heavy atom. The third kappa shape index (κ3) is 3.32. The number of carbonyl (C=O) groups is 1.